The normalized spacial score (nSPS) is 19.5. The van der Waals surface area contributed by atoms with E-state index in [4.69, 9.17) is 9.47 Å². The third-order valence-electron chi connectivity index (χ3n) is 3.47. The molecule has 1 aromatic heterocycles. The van der Waals surface area contributed by atoms with Crippen LogP contribution in [0.15, 0.2) is 18.5 Å². The summed E-state index contributed by atoms with van der Waals surface area (Å²) in [5, 5.41) is 10.4. The molecule has 0 saturated heterocycles. The van der Waals surface area contributed by atoms with E-state index >= 15 is 0 Å². The summed E-state index contributed by atoms with van der Waals surface area (Å²) in [6.45, 7) is 2.52. The Labute approximate surface area is 102 Å². The zero-order valence-electron chi connectivity index (χ0n) is 10.3. The maximum Gasteiger partial charge on any atom is 0.137 e. The number of methoxy groups -OCH3 is 1. The van der Waals surface area contributed by atoms with E-state index < -0.39 is 11.7 Å². The Morgan fingerprint density at radius 3 is 2.76 bits per heavy atom. The van der Waals surface area contributed by atoms with Gasteiger partial charge in [0.25, 0.3) is 0 Å². The smallest absolute Gasteiger partial charge is 0.137 e. The minimum atomic E-state index is -0.630. The van der Waals surface area contributed by atoms with Gasteiger partial charge in [-0.05, 0) is 32.3 Å². The number of ether oxygens (including phenoxy) is 2. The molecule has 94 valence electrons. The summed E-state index contributed by atoms with van der Waals surface area (Å²) >= 11 is 0. The minimum absolute atomic E-state index is 0.424. The summed E-state index contributed by atoms with van der Waals surface area (Å²) in [6.07, 6.45) is 5.58. The lowest BCUT2D eigenvalue weighted by Gasteiger charge is -2.44. The number of hydrogen-bond acceptors (Lipinski definition) is 4. The summed E-state index contributed by atoms with van der Waals surface area (Å²) < 4.78 is 10.9. The molecule has 4 nitrogen and oxygen atoms in total. The van der Waals surface area contributed by atoms with E-state index in [0.29, 0.717) is 12.4 Å². The SMILES string of the molecule is CCOc1cncc(C(O)C2(OC)CCC2)c1. The van der Waals surface area contributed by atoms with Crippen molar-refractivity contribution in [1.29, 1.82) is 0 Å². The van der Waals surface area contributed by atoms with Crippen molar-refractivity contribution in [2.75, 3.05) is 13.7 Å². The maximum atomic E-state index is 10.4. The highest BCUT2D eigenvalue weighted by molar-refractivity contribution is 5.27. The second kappa shape index (κ2) is 5.02. The molecule has 1 aliphatic rings. The second-order valence-corrected chi connectivity index (χ2v) is 4.41. The maximum absolute atomic E-state index is 10.4. The van der Waals surface area contributed by atoms with Crippen LogP contribution >= 0.6 is 0 Å². The second-order valence-electron chi connectivity index (χ2n) is 4.41. The van der Waals surface area contributed by atoms with Gasteiger partial charge >= 0.3 is 0 Å². The van der Waals surface area contributed by atoms with Crippen molar-refractivity contribution < 1.29 is 14.6 Å². The highest BCUT2D eigenvalue weighted by Crippen LogP contribution is 2.44. The van der Waals surface area contributed by atoms with Gasteiger partial charge in [0, 0.05) is 18.9 Å². The molecule has 0 radical (unpaired) electrons. The van der Waals surface area contributed by atoms with Crippen LogP contribution < -0.4 is 4.74 Å². The fourth-order valence-corrected chi connectivity index (χ4v) is 2.25. The van der Waals surface area contributed by atoms with Crippen LogP contribution in [-0.2, 0) is 4.74 Å². The lowest BCUT2D eigenvalue weighted by Crippen LogP contribution is -2.45. The van der Waals surface area contributed by atoms with Crippen LogP contribution in [-0.4, -0.2) is 29.4 Å². The number of aromatic nitrogens is 1. The summed E-state index contributed by atoms with van der Waals surface area (Å²) in [7, 11) is 1.65. The first-order valence-corrected chi connectivity index (χ1v) is 6.03. The average molecular weight is 237 g/mol. The molecule has 1 heterocycles. The lowest BCUT2D eigenvalue weighted by atomic mass is 9.74. The number of nitrogens with zero attached hydrogens (tertiary/aromatic N) is 1. The molecule has 1 unspecified atom stereocenters. The van der Waals surface area contributed by atoms with E-state index in [-0.39, 0.29) is 0 Å². The fraction of sp³-hybridized carbons (Fsp3) is 0.615. The summed E-state index contributed by atoms with van der Waals surface area (Å²) in [5.74, 6) is 0.689. The molecular weight excluding hydrogens is 218 g/mol. The van der Waals surface area contributed by atoms with E-state index in [1.165, 1.54) is 0 Å². The molecule has 2 rings (SSSR count). The van der Waals surface area contributed by atoms with Gasteiger partial charge in [0.2, 0.25) is 0 Å². The van der Waals surface area contributed by atoms with Crippen LogP contribution in [0.5, 0.6) is 5.75 Å². The van der Waals surface area contributed by atoms with Crippen LogP contribution in [0, 0.1) is 0 Å². The van der Waals surface area contributed by atoms with Crippen molar-refractivity contribution in [2.24, 2.45) is 0 Å². The monoisotopic (exact) mass is 237 g/mol. The molecule has 0 spiro atoms. The van der Waals surface area contributed by atoms with E-state index in [1.807, 2.05) is 13.0 Å². The van der Waals surface area contributed by atoms with Crippen molar-refractivity contribution in [3.63, 3.8) is 0 Å². The average Bonchev–Trinajstić information content (AvgIpc) is 2.29. The lowest BCUT2D eigenvalue weighted by molar-refractivity contribution is -0.151. The van der Waals surface area contributed by atoms with Gasteiger partial charge in [-0.25, -0.2) is 0 Å². The first-order valence-electron chi connectivity index (χ1n) is 6.03. The first-order chi connectivity index (χ1) is 8.22. The summed E-state index contributed by atoms with van der Waals surface area (Å²) in [6, 6.07) is 1.83. The molecule has 0 amide bonds. The van der Waals surface area contributed by atoms with E-state index in [1.54, 1.807) is 19.5 Å². The Morgan fingerprint density at radius 2 is 2.24 bits per heavy atom. The van der Waals surface area contributed by atoms with Crippen LogP contribution in [0.1, 0.15) is 37.9 Å². The predicted octanol–water partition coefficient (Wildman–Crippen LogP) is 2.08. The highest BCUT2D eigenvalue weighted by atomic mass is 16.5. The van der Waals surface area contributed by atoms with Gasteiger partial charge in [-0.2, -0.15) is 0 Å². The van der Waals surface area contributed by atoms with Crippen LogP contribution in [0.3, 0.4) is 0 Å². The van der Waals surface area contributed by atoms with Gasteiger partial charge in [0.05, 0.1) is 18.4 Å². The molecule has 1 fully saturated rings. The standard InChI is InChI=1S/C13H19NO3/c1-3-17-11-7-10(8-14-9-11)12(15)13(16-2)5-4-6-13/h7-9,12,15H,3-6H2,1-2H3. The van der Waals surface area contributed by atoms with Crippen molar-refractivity contribution in [1.82, 2.24) is 4.98 Å². The molecule has 0 aromatic carbocycles. The van der Waals surface area contributed by atoms with Crippen LogP contribution in [0.2, 0.25) is 0 Å². The number of pyridine rings is 1. The molecule has 1 atom stereocenters. The summed E-state index contributed by atoms with van der Waals surface area (Å²) in [5.41, 5.74) is 0.337. The quantitative estimate of drug-likeness (QED) is 0.852. The molecule has 1 aliphatic carbocycles. The summed E-state index contributed by atoms with van der Waals surface area (Å²) in [4.78, 5) is 4.09. The molecule has 17 heavy (non-hydrogen) atoms. The molecule has 0 bridgehead atoms. The Morgan fingerprint density at radius 1 is 1.47 bits per heavy atom. The van der Waals surface area contributed by atoms with Gasteiger partial charge in [-0.1, -0.05) is 0 Å². The van der Waals surface area contributed by atoms with Gasteiger partial charge in [-0.15, -0.1) is 0 Å². The zero-order chi connectivity index (χ0) is 12.3. The van der Waals surface area contributed by atoms with Gasteiger partial charge in [0.1, 0.15) is 11.9 Å². The Balaban J connectivity index is 2.18. The number of aliphatic hydroxyl groups excluding tert-OH is 1. The topological polar surface area (TPSA) is 51.6 Å². The van der Waals surface area contributed by atoms with E-state index in [2.05, 4.69) is 4.98 Å². The third-order valence-corrected chi connectivity index (χ3v) is 3.47. The zero-order valence-corrected chi connectivity index (χ0v) is 10.3. The molecule has 1 N–H and O–H groups in total. The molecular formula is C13H19NO3. The molecule has 0 aliphatic heterocycles. The van der Waals surface area contributed by atoms with Crippen LogP contribution in [0.25, 0.3) is 0 Å². The van der Waals surface area contributed by atoms with Crippen molar-refractivity contribution in [2.45, 2.75) is 37.9 Å². The third kappa shape index (κ3) is 2.28. The first kappa shape index (κ1) is 12.3. The van der Waals surface area contributed by atoms with E-state index in [9.17, 15) is 5.11 Å². The predicted molar refractivity (Wildman–Crippen MR) is 64.0 cm³/mol. The Hall–Kier alpha value is -1.13. The van der Waals surface area contributed by atoms with Crippen molar-refractivity contribution in [3.05, 3.63) is 24.0 Å². The van der Waals surface area contributed by atoms with Gasteiger partial charge in [0.15, 0.2) is 0 Å². The number of rotatable bonds is 5. The fourth-order valence-electron chi connectivity index (χ4n) is 2.25. The Kier molecular flexibility index (Phi) is 3.64. The minimum Gasteiger partial charge on any atom is -0.492 e. The van der Waals surface area contributed by atoms with Gasteiger partial charge < -0.3 is 14.6 Å². The molecule has 4 heteroatoms. The van der Waals surface area contributed by atoms with Crippen molar-refractivity contribution in [3.8, 4) is 5.75 Å². The van der Waals surface area contributed by atoms with Gasteiger partial charge in [-0.3, -0.25) is 4.98 Å². The van der Waals surface area contributed by atoms with Crippen molar-refractivity contribution >= 4 is 0 Å². The Bertz CT molecular complexity index is 371. The molecule has 1 aromatic rings. The molecule has 1 saturated carbocycles. The highest BCUT2D eigenvalue weighted by Gasteiger charge is 2.44. The number of aliphatic hydroxyl groups is 1. The van der Waals surface area contributed by atoms with Crippen LogP contribution in [0.4, 0.5) is 0 Å². The number of hydrogen-bond donors (Lipinski definition) is 1. The largest absolute Gasteiger partial charge is 0.492 e. The van der Waals surface area contributed by atoms with E-state index in [0.717, 1.165) is 24.8 Å².